The average molecular weight is 540 g/mol. The molecule has 6 rings (SSSR count). The number of benzene rings is 1. The highest BCUT2D eigenvalue weighted by Crippen LogP contribution is 2.43. The van der Waals surface area contributed by atoms with Gasteiger partial charge >= 0.3 is 0 Å². The molecule has 0 spiro atoms. The van der Waals surface area contributed by atoms with Gasteiger partial charge in [-0.3, -0.25) is 23.7 Å². The number of aromatic nitrogens is 2. The minimum absolute atomic E-state index is 0.0456. The second-order valence-corrected chi connectivity index (χ2v) is 11.2. The van der Waals surface area contributed by atoms with Crippen molar-refractivity contribution in [3.63, 3.8) is 0 Å². The SMILES string of the molecule is CC(C)C(=O)N1CCCC1C(=O)NC12CCC(CC1)Cn1c2nc(C(=O)NCc2ccc(F)cc2)c(O)c1=O. The first kappa shape index (κ1) is 26.8. The molecule has 3 aliphatic heterocycles. The van der Waals surface area contributed by atoms with Crippen LogP contribution in [-0.2, 0) is 28.2 Å². The minimum Gasteiger partial charge on any atom is -0.501 e. The molecule has 1 saturated carbocycles. The van der Waals surface area contributed by atoms with Crippen molar-refractivity contribution in [3.8, 4) is 5.75 Å². The molecule has 208 valence electrons. The molecule has 3 N–H and O–H groups in total. The number of hydrogen-bond donors (Lipinski definition) is 3. The van der Waals surface area contributed by atoms with Crippen molar-refractivity contribution < 1.29 is 23.9 Å². The lowest BCUT2D eigenvalue weighted by molar-refractivity contribution is -0.141. The molecule has 1 aliphatic carbocycles. The molecule has 0 radical (unpaired) electrons. The first-order chi connectivity index (χ1) is 18.6. The van der Waals surface area contributed by atoms with E-state index in [1.165, 1.54) is 28.8 Å². The summed E-state index contributed by atoms with van der Waals surface area (Å²) in [5.74, 6) is -2.06. The zero-order valence-electron chi connectivity index (χ0n) is 22.2. The number of hydrogen-bond acceptors (Lipinski definition) is 6. The van der Waals surface area contributed by atoms with Crippen LogP contribution in [0.15, 0.2) is 29.1 Å². The number of carbonyl (C=O) groups is 3. The van der Waals surface area contributed by atoms with E-state index < -0.39 is 40.3 Å². The summed E-state index contributed by atoms with van der Waals surface area (Å²) in [5, 5.41) is 16.5. The Morgan fingerprint density at radius 3 is 2.51 bits per heavy atom. The number of halogens is 1. The van der Waals surface area contributed by atoms with E-state index in [9.17, 15) is 28.7 Å². The van der Waals surface area contributed by atoms with Crippen molar-refractivity contribution in [2.75, 3.05) is 6.54 Å². The number of rotatable bonds is 6. The maximum Gasteiger partial charge on any atom is 0.296 e. The van der Waals surface area contributed by atoms with Crippen LogP contribution in [0.5, 0.6) is 5.75 Å². The Kier molecular flexibility index (Phi) is 7.17. The van der Waals surface area contributed by atoms with Gasteiger partial charge < -0.3 is 20.6 Å². The molecule has 4 aliphatic rings. The number of aromatic hydroxyl groups is 1. The van der Waals surface area contributed by atoms with Crippen LogP contribution in [0.25, 0.3) is 0 Å². The smallest absolute Gasteiger partial charge is 0.296 e. The van der Waals surface area contributed by atoms with Crippen molar-refractivity contribution in [1.29, 1.82) is 0 Å². The molecule has 10 nitrogen and oxygen atoms in total. The molecule has 1 unspecified atom stereocenters. The molecule has 1 aromatic heterocycles. The van der Waals surface area contributed by atoms with Crippen LogP contribution in [0.3, 0.4) is 0 Å². The third-order valence-electron chi connectivity index (χ3n) is 8.25. The largest absolute Gasteiger partial charge is 0.501 e. The van der Waals surface area contributed by atoms with Crippen LogP contribution in [0.2, 0.25) is 0 Å². The highest BCUT2D eigenvalue weighted by molar-refractivity contribution is 5.94. The molecule has 2 aromatic rings. The molecule has 2 fully saturated rings. The molecule has 1 saturated heterocycles. The molecule has 4 heterocycles. The minimum atomic E-state index is -1.00. The second-order valence-electron chi connectivity index (χ2n) is 11.2. The van der Waals surface area contributed by atoms with E-state index in [1.54, 1.807) is 4.90 Å². The summed E-state index contributed by atoms with van der Waals surface area (Å²) in [7, 11) is 0. The molecular weight excluding hydrogens is 505 g/mol. The van der Waals surface area contributed by atoms with Crippen molar-refractivity contribution in [3.05, 3.63) is 57.5 Å². The maximum absolute atomic E-state index is 13.6. The van der Waals surface area contributed by atoms with Crippen molar-refractivity contribution >= 4 is 17.7 Å². The third-order valence-corrected chi connectivity index (χ3v) is 8.25. The summed E-state index contributed by atoms with van der Waals surface area (Å²) in [6, 6.07) is 4.98. The van der Waals surface area contributed by atoms with Gasteiger partial charge in [-0.15, -0.1) is 0 Å². The number of nitrogens with zero attached hydrogens (tertiary/aromatic N) is 3. The van der Waals surface area contributed by atoms with E-state index >= 15 is 0 Å². The normalized spacial score (nSPS) is 23.8. The quantitative estimate of drug-likeness (QED) is 0.515. The second kappa shape index (κ2) is 10.4. The fourth-order valence-corrected chi connectivity index (χ4v) is 6.08. The monoisotopic (exact) mass is 539 g/mol. The predicted molar refractivity (Wildman–Crippen MR) is 139 cm³/mol. The predicted octanol–water partition coefficient (Wildman–Crippen LogP) is 2.18. The fraction of sp³-hybridized carbons (Fsp3) is 0.536. The van der Waals surface area contributed by atoms with Crippen LogP contribution in [0, 0.1) is 17.7 Å². The zero-order valence-corrected chi connectivity index (χ0v) is 22.2. The highest BCUT2D eigenvalue weighted by atomic mass is 19.1. The number of nitrogens with one attached hydrogen (secondary N) is 2. The van der Waals surface area contributed by atoms with E-state index in [-0.39, 0.29) is 36.0 Å². The summed E-state index contributed by atoms with van der Waals surface area (Å²) in [5.41, 5.74) is -1.50. The summed E-state index contributed by atoms with van der Waals surface area (Å²) < 4.78 is 14.6. The van der Waals surface area contributed by atoms with Gasteiger partial charge in [0.2, 0.25) is 17.6 Å². The molecule has 39 heavy (non-hydrogen) atoms. The van der Waals surface area contributed by atoms with Gasteiger partial charge in [-0.2, -0.15) is 0 Å². The van der Waals surface area contributed by atoms with Crippen LogP contribution in [-0.4, -0.2) is 49.9 Å². The first-order valence-electron chi connectivity index (χ1n) is 13.6. The van der Waals surface area contributed by atoms with E-state index in [1.807, 2.05) is 13.8 Å². The average Bonchev–Trinajstić information content (AvgIpc) is 3.30. The Bertz CT molecular complexity index is 1350. The number of carbonyl (C=O) groups excluding carboxylic acids is 3. The van der Waals surface area contributed by atoms with Gasteiger partial charge in [-0.1, -0.05) is 26.0 Å². The number of amides is 3. The zero-order chi connectivity index (χ0) is 27.9. The first-order valence-corrected chi connectivity index (χ1v) is 13.6. The lowest BCUT2D eigenvalue weighted by atomic mass is 9.77. The Morgan fingerprint density at radius 2 is 1.85 bits per heavy atom. The molecular formula is C28H34FN5O5. The Balaban J connectivity index is 1.46. The maximum atomic E-state index is 13.6. The van der Waals surface area contributed by atoms with Gasteiger partial charge in [0.05, 0.1) is 5.54 Å². The van der Waals surface area contributed by atoms with Gasteiger partial charge in [0.15, 0.2) is 5.69 Å². The summed E-state index contributed by atoms with van der Waals surface area (Å²) in [4.78, 5) is 58.9. The standard InChI is InChI=1S/C28H34FN5O5/c1-16(2)25(38)33-13-3-4-20(33)23(36)32-28-11-9-18(10-12-28)15-34-26(39)22(35)21(31-27(28)34)24(37)30-14-17-5-7-19(29)8-6-17/h5-8,16,18,20,35H,3-4,9-15H2,1-2H3,(H,30,37)(H,32,36). The van der Waals surface area contributed by atoms with Crippen molar-refractivity contribution in [2.45, 2.75) is 77.0 Å². The topological polar surface area (TPSA) is 134 Å². The lowest BCUT2D eigenvalue weighted by Gasteiger charge is -2.38. The van der Waals surface area contributed by atoms with Crippen LogP contribution in [0.4, 0.5) is 4.39 Å². The van der Waals surface area contributed by atoms with Crippen LogP contribution < -0.4 is 16.2 Å². The van der Waals surface area contributed by atoms with Crippen LogP contribution >= 0.6 is 0 Å². The Labute approximate surface area is 225 Å². The van der Waals surface area contributed by atoms with Gasteiger partial charge in [0.25, 0.3) is 11.5 Å². The summed E-state index contributed by atoms with van der Waals surface area (Å²) >= 11 is 0. The Hall–Kier alpha value is -3.76. The molecule has 11 heteroatoms. The summed E-state index contributed by atoms with van der Waals surface area (Å²) in [6.07, 6.45) is 3.83. The van der Waals surface area contributed by atoms with E-state index in [4.69, 9.17) is 0 Å². The number of fused-ring (bicyclic) bond motifs is 2. The van der Waals surface area contributed by atoms with Gasteiger partial charge in [0, 0.05) is 25.6 Å². The van der Waals surface area contributed by atoms with Crippen molar-refractivity contribution in [2.24, 2.45) is 11.8 Å². The highest BCUT2D eigenvalue weighted by Gasteiger charge is 2.47. The Morgan fingerprint density at radius 1 is 1.15 bits per heavy atom. The molecule has 3 amide bonds. The van der Waals surface area contributed by atoms with Gasteiger partial charge in [0.1, 0.15) is 17.7 Å². The third kappa shape index (κ3) is 5.02. The van der Waals surface area contributed by atoms with E-state index in [2.05, 4.69) is 15.6 Å². The fourth-order valence-electron chi connectivity index (χ4n) is 6.08. The van der Waals surface area contributed by atoms with Gasteiger partial charge in [-0.25, -0.2) is 9.37 Å². The summed E-state index contributed by atoms with van der Waals surface area (Å²) in [6.45, 7) is 4.52. The lowest BCUT2D eigenvalue weighted by Crippen LogP contribution is -2.55. The molecule has 1 atom stereocenters. The van der Waals surface area contributed by atoms with E-state index in [0.29, 0.717) is 37.9 Å². The van der Waals surface area contributed by atoms with Crippen molar-refractivity contribution in [1.82, 2.24) is 25.1 Å². The van der Waals surface area contributed by atoms with Crippen LogP contribution in [0.1, 0.15) is 74.2 Å². The molecule has 1 aromatic carbocycles. The molecule has 2 bridgehead atoms. The van der Waals surface area contributed by atoms with E-state index in [0.717, 1.165) is 19.3 Å². The number of likely N-dealkylation sites (tertiary alicyclic amines) is 1. The van der Waals surface area contributed by atoms with Gasteiger partial charge in [-0.05, 0) is 62.1 Å².